The zero-order valence-corrected chi connectivity index (χ0v) is 15.3. The van der Waals surface area contributed by atoms with Crippen LogP contribution in [0.2, 0.25) is 0 Å². The number of aromatic nitrogens is 3. The lowest BCUT2D eigenvalue weighted by atomic mass is 10.0. The molecule has 4 rings (SSSR count). The van der Waals surface area contributed by atoms with Crippen molar-refractivity contribution < 1.29 is 4.74 Å². The molecule has 1 aromatic carbocycles. The van der Waals surface area contributed by atoms with Gasteiger partial charge in [-0.25, -0.2) is 0 Å². The summed E-state index contributed by atoms with van der Waals surface area (Å²) in [5.41, 5.74) is 11.5. The summed E-state index contributed by atoms with van der Waals surface area (Å²) >= 11 is 1.68. The number of fused-ring (bicyclic) bond motifs is 1. The highest BCUT2D eigenvalue weighted by Gasteiger charge is 2.08. The number of pyridine rings is 1. The second-order valence-corrected chi connectivity index (χ2v) is 7.18. The molecule has 0 aliphatic carbocycles. The SMILES string of the molecule is Cc1[nH]nc2ccc(-c3cncc(OCC(N)Cc4ccsc4)c3)cc12. The van der Waals surface area contributed by atoms with Gasteiger partial charge in [0.05, 0.1) is 11.7 Å². The van der Waals surface area contributed by atoms with Gasteiger partial charge in [0.15, 0.2) is 0 Å². The van der Waals surface area contributed by atoms with E-state index in [2.05, 4.69) is 38.1 Å². The Morgan fingerprint density at radius 2 is 2.12 bits per heavy atom. The van der Waals surface area contributed by atoms with Crippen LogP contribution in [0.15, 0.2) is 53.5 Å². The Labute approximate surface area is 155 Å². The van der Waals surface area contributed by atoms with Crippen LogP contribution in [0.3, 0.4) is 0 Å². The first-order chi connectivity index (χ1) is 12.7. The van der Waals surface area contributed by atoms with Crippen molar-refractivity contribution in [2.75, 3.05) is 6.61 Å². The normalized spacial score (nSPS) is 12.4. The van der Waals surface area contributed by atoms with Crippen LogP contribution in [0, 0.1) is 6.92 Å². The zero-order chi connectivity index (χ0) is 17.9. The van der Waals surface area contributed by atoms with Crippen LogP contribution in [-0.4, -0.2) is 27.8 Å². The van der Waals surface area contributed by atoms with E-state index in [9.17, 15) is 0 Å². The van der Waals surface area contributed by atoms with Crippen molar-refractivity contribution in [3.8, 4) is 16.9 Å². The van der Waals surface area contributed by atoms with Gasteiger partial charge < -0.3 is 10.5 Å². The summed E-state index contributed by atoms with van der Waals surface area (Å²) in [4.78, 5) is 4.32. The smallest absolute Gasteiger partial charge is 0.138 e. The molecule has 3 aromatic heterocycles. The molecule has 132 valence electrons. The van der Waals surface area contributed by atoms with Crippen molar-refractivity contribution in [2.45, 2.75) is 19.4 Å². The second-order valence-electron chi connectivity index (χ2n) is 6.40. The maximum Gasteiger partial charge on any atom is 0.138 e. The Morgan fingerprint density at radius 3 is 2.96 bits per heavy atom. The van der Waals surface area contributed by atoms with Crippen LogP contribution < -0.4 is 10.5 Å². The lowest BCUT2D eigenvalue weighted by Crippen LogP contribution is -2.30. The second kappa shape index (κ2) is 7.27. The third kappa shape index (κ3) is 3.61. The summed E-state index contributed by atoms with van der Waals surface area (Å²) in [5, 5.41) is 12.6. The van der Waals surface area contributed by atoms with Crippen LogP contribution in [-0.2, 0) is 6.42 Å². The Kier molecular flexibility index (Phi) is 4.69. The fraction of sp³-hybridized carbons (Fsp3) is 0.200. The van der Waals surface area contributed by atoms with Gasteiger partial charge in [0.1, 0.15) is 12.4 Å². The molecule has 0 saturated carbocycles. The van der Waals surface area contributed by atoms with E-state index in [0.29, 0.717) is 6.61 Å². The Morgan fingerprint density at radius 1 is 1.19 bits per heavy atom. The predicted octanol–water partition coefficient (Wildman–Crippen LogP) is 3.94. The van der Waals surface area contributed by atoms with Gasteiger partial charge in [0.2, 0.25) is 0 Å². The van der Waals surface area contributed by atoms with E-state index < -0.39 is 0 Å². The Balaban J connectivity index is 1.48. The summed E-state index contributed by atoms with van der Waals surface area (Å²) < 4.78 is 5.87. The molecular weight excluding hydrogens is 344 g/mol. The van der Waals surface area contributed by atoms with E-state index >= 15 is 0 Å². The number of aromatic amines is 1. The highest BCUT2D eigenvalue weighted by Crippen LogP contribution is 2.27. The molecule has 4 aromatic rings. The van der Waals surface area contributed by atoms with Crippen LogP contribution >= 0.6 is 11.3 Å². The molecule has 1 unspecified atom stereocenters. The van der Waals surface area contributed by atoms with E-state index in [-0.39, 0.29) is 6.04 Å². The molecule has 0 amide bonds. The highest BCUT2D eigenvalue weighted by atomic mass is 32.1. The lowest BCUT2D eigenvalue weighted by molar-refractivity contribution is 0.287. The molecule has 0 radical (unpaired) electrons. The van der Waals surface area contributed by atoms with E-state index in [1.54, 1.807) is 17.5 Å². The molecule has 0 aliphatic heterocycles. The van der Waals surface area contributed by atoms with Crippen molar-refractivity contribution in [1.29, 1.82) is 0 Å². The number of nitrogens with two attached hydrogens (primary N) is 1. The molecule has 3 N–H and O–H groups in total. The number of hydrogen-bond acceptors (Lipinski definition) is 5. The minimum Gasteiger partial charge on any atom is -0.490 e. The average molecular weight is 364 g/mol. The number of nitrogens with zero attached hydrogens (tertiary/aromatic N) is 2. The number of nitrogens with one attached hydrogen (secondary N) is 1. The van der Waals surface area contributed by atoms with Crippen LogP contribution in [0.25, 0.3) is 22.0 Å². The fourth-order valence-electron chi connectivity index (χ4n) is 2.95. The van der Waals surface area contributed by atoms with E-state index in [4.69, 9.17) is 10.5 Å². The van der Waals surface area contributed by atoms with E-state index in [0.717, 1.165) is 39.9 Å². The van der Waals surface area contributed by atoms with Crippen molar-refractivity contribution in [2.24, 2.45) is 5.73 Å². The number of thiophene rings is 1. The largest absolute Gasteiger partial charge is 0.490 e. The molecule has 3 heterocycles. The van der Waals surface area contributed by atoms with Gasteiger partial charge in [-0.2, -0.15) is 16.4 Å². The average Bonchev–Trinajstić information content (AvgIpc) is 3.30. The fourth-order valence-corrected chi connectivity index (χ4v) is 3.63. The van der Waals surface area contributed by atoms with Gasteiger partial charge in [-0.05, 0) is 59.5 Å². The molecule has 0 aliphatic rings. The molecule has 0 spiro atoms. The number of H-pyrrole nitrogens is 1. The standard InChI is InChI=1S/C20H20N4OS/c1-13-19-8-15(2-3-20(19)24-23-13)16-7-18(10-22-9-16)25-11-17(21)6-14-4-5-26-12-14/h2-5,7-10,12,17H,6,11,21H2,1H3,(H,23,24). The summed E-state index contributed by atoms with van der Waals surface area (Å²) in [6.45, 7) is 2.48. The lowest BCUT2D eigenvalue weighted by Gasteiger charge is -2.13. The highest BCUT2D eigenvalue weighted by molar-refractivity contribution is 7.07. The molecular formula is C20H20N4OS. The zero-order valence-electron chi connectivity index (χ0n) is 14.5. The summed E-state index contributed by atoms with van der Waals surface area (Å²) in [5.74, 6) is 0.729. The van der Waals surface area contributed by atoms with Crippen molar-refractivity contribution in [3.05, 3.63) is 64.7 Å². The topological polar surface area (TPSA) is 76.8 Å². The number of aryl methyl sites for hydroxylation is 1. The molecule has 5 nitrogen and oxygen atoms in total. The number of ether oxygens (including phenoxy) is 1. The van der Waals surface area contributed by atoms with Crippen LogP contribution in [0.4, 0.5) is 0 Å². The number of benzene rings is 1. The van der Waals surface area contributed by atoms with Gasteiger partial charge in [0.25, 0.3) is 0 Å². The monoisotopic (exact) mass is 364 g/mol. The summed E-state index contributed by atoms with van der Waals surface area (Å²) in [6.07, 6.45) is 4.38. The summed E-state index contributed by atoms with van der Waals surface area (Å²) in [7, 11) is 0. The quantitative estimate of drug-likeness (QED) is 0.543. The molecule has 0 saturated heterocycles. The molecule has 6 heteroatoms. The van der Waals surface area contributed by atoms with Gasteiger partial charge in [0, 0.05) is 28.9 Å². The molecule has 0 bridgehead atoms. The predicted molar refractivity (Wildman–Crippen MR) is 106 cm³/mol. The first-order valence-corrected chi connectivity index (χ1v) is 9.43. The van der Waals surface area contributed by atoms with Gasteiger partial charge in [-0.15, -0.1) is 0 Å². The third-order valence-electron chi connectivity index (χ3n) is 4.33. The van der Waals surface area contributed by atoms with Gasteiger partial charge in [-0.3, -0.25) is 10.1 Å². The number of rotatable bonds is 6. The maximum atomic E-state index is 6.18. The summed E-state index contributed by atoms with van der Waals surface area (Å²) in [6, 6.07) is 10.2. The third-order valence-corrected chi connectivity index (χ3v) is 5.07. The molecule has 26 heavy (non-hydrogen) atoms. The van der Waals surface area contributed by atoms with E-state index in [1.165, 1.54) is 5.56 Å². The molecule has 1 atom stereocenters. The van der Waals surface area contributed by atoms with Crippen LogP contribution in [0.1, 0.15) is 11.3 Å². The van der Waals surface area contributed by atoms with Gasteiger partial charge in [-0.1, -0.05) is 6.07 Å². The Bertz CT molecular complexity index is 1010. The first kappa shape index (κ1) is 16.8. The number of hydrogen-bond donors (Lipinski definition) is 2. The minimum absolute atomic E-state index is 0.0433. The molecule has 0 fully saturated rings. The van der Waals surface area contributed by atoms with Crippen LogP contribution in [0.5, 0.6) is 5.75 Å². The Hall–Kier alpha value is -2.70. The minimum atomic E-state index is -0.0433. The maximum absolute atomic E-state index is 6.18. The van der Waals surface area contributed by atoms with Crippen molar-refractivity contribution in [1.82, 2.24) is 15.2 Å². The van der Waals surface area contributed by atoms with Gasteiger partial charge >= 0.3 is 0 Å². The van der Waals surface area contributed by atoms with Crippen molar-refractivity contribution in [3.63, 3.8) is 0 Å². The van der Waals surface area contributed by atoms with E-state index in [1.807, 2.05) is 31.3 Å². The first-order valence-electron chi connectivity index (χ1n) is 8.48. The van der Waals surface area contributed by atoms with Crippen molar-refractivity contribution >= 4 is 22.2 Å².